The van der Waals surface area contributed by atoms with Crippen molar-refractivity contribution in [3.8, 4) is 0 Å². The monoisotopic (exact) mass is 364 g/mol. The Kier molecular flexibility index (Phi) is 5.72. The Morgan fingerprint density at radius 2 is 2.32 bits per heavy atom. The van der Waals surface area contributed by atoms with E-state index in [-0.39, 0.29) is 17.8 Å². The van der Waals surface area contributed by atoms with Gasteiger partial charge < -0.3 is 10.1 Å². The Labute approximate surface area is 150 Å². The summed E-state index contributed by atoms with van der Waals surface area (Å²) in [6.45, 7) is 6.27. The number of ether oxygens (including phenoxy) is 1. The van der Waals surface area contributed by atoms with E-state index in [2.05, 4.69) is 20.2 Å². The Bertz CT molecular complexity index is 752. The largest absolute Gasteiger partial charge is 0.375 e. The third-order valence-electron chi connectivity index (χ3n) is 3.98. The second-order valence-corrected chi connectivity index (χ2v) is 7.28. The first-order valence-electron chi connectivity index (χ1n) is 8.17. The van der Waals surface area contributed by atoms with E-state index >= 15 is 0 Å². The first-order valence-corrected chi connectivity index (χ1v) is 8.98. The molecule has 1 fully saturated rings. The molecule has 1 N–H and O–H groups in total. The molecule has 1 aliphatic rings. The summed E-state index contributed by atoms with van der Waals surface area (Å²) in [7, 11) is 0. The first kappa shape index (κ1) is 17.9. The van der Waals surface area contributed by atoms with Gasteiger partial charge in [-0.05, 0) is 18.6 Å². The number of nitrogens with zero attached hydrogens (tertiary/aromatic N) is 3. The molecule has 3 heterocycles. The molecule has 1 amide bonds. The highest BCUT2D eigenvalue weighted by Gasteiger charge is 2.22. The smallest absolute Gasteiger partial charge is 0.223 e. The van der Waals surface area contributed by atoms with E-state index in [4.69, 9.17) is 4.74 Å². The molecule has 25 heavy (non-hydrogen) atoms. The van der Waals surface area contributed by atoms with Crippen molar-refractivity contribution in [2.24, 2.45) is 0 Å². The van der Waals surface area contributed by atoms with Crippen LogP contribution in [0.5, 0.6) is 0 Å². The molecule has 1 aliphatic heterocycles. The number of pyridine rings is 1. The van der Waals surface area contributed by atoms with Gasteiger partial charge in [0.05, 0.1) is 18.9 Å². The molecule has 0 aromatic carbocycles. The zero-order valence-electron chi connectivity index (χ0n) is 14.3. The maximum Gasteiger partial charge on any atom is 0.223 e. The van der Waals surface area contributed by atoms with Crippen LogP contribution in [0.15, 0.2) is 18.5 Å². The highest BCUT2D eigenvalue weighted by atomic mass is 32.1. The van der Waals surface area contributed by atoms with E-state index < -0.39 is 0 Å². The van der Waals surface area contributed by atoms with Gasteiger partial charge in [0.1, 0.15) is 5.82 Å². The summed E-state index contributed by atoms with van der Waals surface area (Å²) in [6.07, 6.45) is 3.77. The quantitative estimate of drug-likeness (QED) is 0.882. The van der Waals surface area contributed by atoms with Crippen LogP contribution in [0.3, 0.4) is 0 Å². The molecule has 0 saturated carbocycles. The number of anilines is 1. The SMILES string of the molecule is CC(=O)Nc1ncc(CN2CCO[C@H](Cc3cc(C)c(F)cn3)C2)s1. The van der Waals surface area contributed by atoms with Crippen molar-refractivity contribution in [1.82, 2.24) is 14.9 Å². The predicted octanol–water partition coefficient (Wildman–Crippen LogP) is 2.39. The molecule has 3 rings (SSSR count). The Morgan fingerprint density at radius 3 is 3.08 bits per heavy atom. The molecule has 0 spiro atoms. The third kappa shape index (κ3) is 5.04. The minimum absolute atomic E-state index is 0.0360. The van der Waals surface area contributed by atoms with Crippen LogP contribution in [0.4, 0.5) is 9.52 Å². The highest BCUT2D eigenvalue weighted by Crippen LogP contribution is 2.21. The van der Waals surface area contributed by atoms with Gasteiger partial charge in [0.25, 0.3) is 0 Å². The summed E-state index contributed by atoms with van der Waals surface area (Å²) < 4.78 is 19.2. The average molecular weight is 364 g/mol. The van der Waals surface area contributed by atoms with Crippen molar-refractivity contribution in [2.45, 2.75) is 32.9 Å². The summed E-state index contributed by atoms with van der Waals surface area (Å²) >= 11 is 1.48. The summed E-state index contributed by atoms with van der Waals surface area (Å²) in [6, 6.07) is 1.78. The lowest BCUT2D eigenvalue weighted by molar-refractivity contribution is -0.114. The fourth-order valence-corrected chi connectivity index (χ4v) is 3.70. The second kappa shape index (κ2) is 7.99. The van der Waals surface area contributed by atoms with Crippen LogP contribution in [-0.4, -0.2) is 46.6 Å². The van der Waals surface area contributed by atoms with E-state index in [1.165, 1.54) is 24.5 Å². The maximum atomic E-state index is 13.3. The van der Waals surface area contributed by atoms with Crippen molar-refractivity contribution >= 4 is 22.4 Å². The second-order valence-electron chi connectivity index (χ2n) is 6.17. The fraction of sp³-hybridized carbons (Fsp3) is 0.471. The molecule has 1 atom stereocenters. The van der Waals surface area contributed by atoms with Crippen LogP contribution in [-0.2, 0) is 22.5 Å². The van der Waals surface area contributed by atoms with Gasteiger partial charge in [0, 0.05) is 49.7 Å². The maximum absolute atomic E-state index is 13.3. The molecule has 0 unspecified atom stereocenters. The van der Waals surface area contributed by atoms with Crippen LogP contribution < -0.4 is 5.32 Å². The van der Waals surface area contributed by atoms with Crippen LogP contribution in [0.25, 0.3) is 0 Å². The van der Waals surface area contributed by atoms with Gasteiger partial charge in [-0.25, -0.2) is 9.37 Å². The number of aryl methyl sites for hydroxylation is 1. The molecule has 0 bridgehead atoms. The fourth-order valence-electron chi connectivity index (χ4n) is 2.80. The van der Waals surface area contributed by atoms with Gasteiger partial charge in [-0.2, -0.15) is 0 Å². The number of hydrogen-bond acceptors (Lipinski definition) is 6. The zero-order valence-corrected chi connectivity index (χ0v) is 15.1. The molecule has 0 radical (unpaired) electrons. The molecule has 134 valence electrons. The molecule has 8 heteroatoms. The molecule has 0 aliphatic carbocycles. The van der Waals surface area contributed by atoms with Crippen LogP contribution >= 0.6 is 11.3 Å². The topological polar surface area (TPSA) is 67.4 Å². The predicted molar refractivity (Wildman–Crippen MR) is 94.1 cm³/mol. The third-order valence-corrected chi connectivity index (χ3v) is 4.88. The molecule has 1 saturated heterocycles. The molecule has 6 nitrogen and oxygen atoms in total. The lowest BCUT2D eigenvalue weighted by Gasteiger charge is -2.32. The van der Waals surface area contributed by atoms with Crippen LogP contribution in [0.1, 0.15) is 23.1 Å². The van der Waals surface area contributed by atoms with Gasteiger partial charge in [-0.3, -0.25) is 14.7 Å². The number of nitrogens with one attached hydrogen (secondary N) is 1. The standard InChI is InChI=1S/C17H21FN4O2S/c1-11-5-13(19-8-16(11)18)6-14-9-22(3-4-24-14)10-15-7-20-17(25-15)21-12(2)23/h5,7-8,14H,3-4,6,9-10H2,1-2H3,(H,20,21,23)/t14-/m1/s1. The summed E-state index contributed by atoms with van der Waals surface area (Å²) in [4.78, 5) is 22.8. The highest BCUT2D eigenvalue weighted by molar-refractivity contribution is 7.15. The van der Waals surface area contributed by atoms with Gasteiger partial charge >= 0.3 is 0 Å². The lowest BCUT2D eigenvalue weighted by atomic mass is 10.1. The van der Waals surface area contributed by atoms with Crippen LogP contribution in [0, 0.1) is 12.7 Å². The number of thiazole rings is 1. The van der Waals surface area contributed by atoms with Gasteiger partial charge in [-0.1, -0.05) is 0 Å². The number of morpholine rings is 1. The molecular formula is C17H21FN4O2S. The van der Waals surface area contributed by atoms with Crippen molar-refractivity contribution in [1.29, 1.82) is 0 Å². The van der Waals surface area contributed by atoms with E-state index in [1.807, 2.05) is 0 Å². The molecule has 2 aromatic heterocycles. The van der Waals surface area contributed by atoms with E-state index in [0.29, 0.717) is 23.7 Å². The van der Waals surface area contributed by atoms with E-state index in [9.17, 15) is 9.18 Å². The number of halogens is 1. The minimum Gasteiger partial charge on any atom is -0.375 e. The minimum atomic E-state index is -0.282. The average Bonchev–Trinajstić information content (AvgIpc) is 2.97. The normalized spacial score (nSPS) is 18.3. The summed E-state index contributed by atoms with van der Waals surface area (Å²) in [5, 5.41) is 3.32. The first-order chi connectivity index (χ1) is 12.0. The Morgan fingerprint density at radius 1 is 1.48 bits per heavy atom. The molecular weight excluding hydrogens is 343 g/mol. The number of hydrogen-bond donors (Lipinski definition) is 1. The van der Waals surface area contributed by atoms with Crippen molar-refractivity contribution < 1.29 is 13.9 Å². The van der Waals surface area contributed by atoms with Gasteiger partial charge in [0.2, 0.25) is 5.91 Å². The van der Waals surface area contributed by atoms with Gasteiger partial charge in [-0.15, -0.1) is 11.3 Å². The van der Waals surface area contributed by atoms with Gasteiger partial charge in [0.15, 0.2) is 5.13 Å². The lowest BCUT2D eigenvalue weighted by Crippen LogP contribution is -2.42. The van der Waals surface area contributed by atoms with Crippen molar-refractivity contribution in [3.63, 3.8) is 0 Å². The number of carbonyl (C=O) groups is 1. The number of amides is 1. The van der Waals surface area contributed by atoms with E-state index in [0.717, 1.165) is 30.2 Å². The van der Waals surface area contributed by atoms with Crippen molar-refractivity contribution in [2.75, 3.05) is 25.0 Å². The summed E-state index contributed by atoms with van der Waals surface area (Å²) in [5.74, 6) is -0.399. The van der Waals surface area contributed by atoms with Crippen LogP contribution in [0.2, 0.25) is 0 Å². The zero-order chi connectivity index (χ0) is 17.8. The molecule has 2 aromatic rings. The van der Waals surface area contributed by atoms with Crippen molar-refractivity contribution in [3.05, 3.63) is 40.4 Å². The Hall–Kier alpha value is -1.90. The number of rotatable bonds is 5. The Balaban J connectivity index is 1.56. The number of carbonyl (C=O) groups excluding carboxylic acids is 1. The summed E-state index contributed by atoms with van der Waals surface area (Å²) in [5.41, 5.74) is 1.45. The van der Waals surface area contributed by atoms with E-state index in [1.54, 1.807) is 19.2 Å². The number of aromatic nitrogens is 2.